The summed E-state index contributed by atoms with van der Waals surface area (Å²) in [7, 11) is 0. The first-order chi connectivity index (χ1) is 5.33. The third-order valence-electron chi connectivity index (χ3n) is 1.59. The fourth-order valence-electron chi connectivity index (χ4n) is 1.01. The summed E-state index contributed by atoms with van der Waals surface area (Å²) in [4.78, 5) is 0. The van der Waals surface area contributed by atoms with Crippen molar-refractivity contribution in [2.45, 2.75) is 26.7 Å². The second-order valence-electron chi connectivity index (χ2n) is 2.62. The summed E-state index contributed by atoms with van der Waals surface area (Å²) in [5, 5.41) is 0. The molecular weight excluding hydrogens is 136 g/mol. The topological polar surface area (TPSA) is 13.1 Å². The molecule has 0 amide bonds. The second kappa shape index (κ2) is 4.02. The van der Waals surface area contributed by atoms with E-state index >= 15 is 0 Å². The molecule has 1 heteroatoms. The molecule has 0 aliphatic rings. The zero-order valence-electron chi connectivity index (χ0n) is 7.13. The first kappa shape index (κ1) is 8.12. The predicted octanol–water partition coefficient (Wildman–Crippen LogP) is 3.10. The molecule has 0 N–H and O–H groups in total. The number of hydrogen-bond acceptors (Lipinski definition) is 1. The normalized spacial score (nSPS) is 11.1. The molecule has 1 nitrogen and oxygen atoms in total. The number of furan rings is 1. The largest absolute Gasteiger partial charge is 0.466 e. The minimum absolute atomic E-state index is 1.00. The van der Waals surface area contributed by atoms with E-state index in [0.29, 0.717) is 0 Å². The van der Waals surface area contributed by atoms with Crippen molar-refractivity contribution < 1.29 is 4.42 Å². The molecular formula is C10H14O. The average Bonchev–Trinajstić information content (AvgIpc) is 2.37. The van der Waals surface area contributed by atoms with Gasteiger partial charge in [0.1, 0.15) is 11.5 Å². The fourth-order valence-corrected chi connectivity index (χ4v) is 1.01. The maximum atomic E-state index is 5.40. The van der Waals surface area contributed by atoms with Gasteiger partial charge in [0.2, 0.25) is 0 Å². The van der Waals surface area contributed by atoms with Crippen molar-refractivity contribution in [1.82, 2.24) is 0 Å². The summed E-state index contributed by atoms with van der Waals surface area (Å²) in [6.07, 6.45) is 6.30. The second-order valence-corrected chi connectivity index (χ2v) is 2.62. The van der Waals surface area contributed by atoms with E-state index in [1.165, 1.54) is 0 Å². The summed E-state index contributed by atoms with van der Waals surface area (Å²) >= 11 is 0. The van der Waals surface area contributed by atoms with Crippen LogP contribution in [-0.2, 0) is 6.42 Å². The molecule has 0 atom stereocenters. The van der Waals surface area contributed by atoms with Crippen molar-refractivity contribution in [2.75, 3.05) is 0 Å². The Hall–Kier alpha value is -0.980. The highest BCUT2D eigenvalue weighted by molar-refractivity contribution is 5.06. The van der Waals surface area contributed by atoms with Crippen LogP contribution in [0.5, 0.6) is 0 Å². The molecule has 0 aliphatic heterocycles. The Morgan fingerprint density at radius 2 is 2.27 bits per heavy atom. The minimum atomic E-state index is 1.00. The lowest BCUT2D eigenvalue weighted by atomic mass is 10.2. The fraction of sp³-hybridized carbons (Fsp3) is 0.400. The third-order valence-corrected chi connectivity index (χ3v) is 1.59. The summed E-state index contributed by atoms with van der Waals surface area (Å²) < 4.78 is 5.40. The highest BCUT2D eigenvalue weighted by Crippen LogP contribution is 2.08. The van der Waals surface area contributed by atoms with Gasteiger partial charge in [-0.1, -0.05) is 12.2 Å². The first-order valence-electron chi connectivity index (χ1n) is 3.99. The Labute approximate surface area is 67.7 Å². The van der Waals surface area contributed by atoms with Crippen molar-refractivity contribution >= 4 is 0 Å². The van der Waals surface area contributed by atoms with E-state index in [-0.39, 0.29) is 0 Å². The summed E-state index contributed by atoms with van der Waals surface area (Å²) in [6.45, 7) is 4.01. The lowest BCUT2D eigenvalue weighted by Gasteiger charge is -1.89. The van der Waals surface area contributed by atoms with Gasteiger partial charge in [0.15, 0.2) is 0 Å². The van der Waals surface area contributed by atoms with Gasteiger partial charge in [-0.2, -0.15) is 0 Å². The van der Waals surface area contributed by atoms with Gasteiger partial charge < -0.3 is 4.42 Å². The molecule has 0 saturated heterocycles. The van der Waals surface area contributed by atoms with Crippen molar-refractivity contribution in [3.8, 4) is 0 Å². The van der Waals surface area contributed by atoms with Crippen LogP contribution >= 0.6 is 0 Å². The quantitative estimate of drug-likeness (QED) is 0.603. The van der Waals surface area contributed by atoms with Gasteiger partial charge in [0.25, 0.3) is 0 Å². The number of hydrogen-bond donors (Lipinski definition) is 0. The summed E-state index contributed by atoms with van der Waals surface area (Å²) in [6, 6.07) is 4.05. The molecule has 1 rings (SSSR count). The lowest BCUT2D eigenvalue weighted by molar-refractivity contribution is 0.484. The standard InChI is InChI=1S/C10H14O/c1-3-4-5-6-10-8-7-9(2)11-10/h3-4,7-8H,5-6H2,1-2H3/b4-3+. The van der Waals surface area contributed by atoms with Gasteiger partial charge in [-0.25, -0.2) is 0 Å². The third kappa shape index (κ3) is 2.62. The molecule has 0 saturated carbocycles. The molecule has 11 heavy (non-hydrogen) atoms. The smallest absolute Gasteiger partial charge is 0.104 e. The average molecular weight is 150 g/mol. The summed E-state index contributed by atoms with van der Waals surface area (Å²) in [5.74, 6) is 2.08. The van der Waals surface area contributed by atoms with Crippen LogP contribution < -0.4 is 0 Å². The maximum Gasteiger partial charge on any atom is 0.104 e. The number of aryl methyl sites for hydroxylation is 2. The van der Waals surface area contributed by atoms with Crippen molar-refractivity contribution in [2.24, 2.45) is 0 Å². The Kier molecular flexibility index (Phi) is 2.96. The molecule has 1 heterocycles. The molecule has 0 fully saturated rings. The minimum Gasteiger partial charge on any atom is -0.466 e. The van der Waals surface area contributed by atoms with Gasteiger partial charge in [-0.05, 0) is 32.4 Å². The zero-order chi connectivity index (χ0) is 8.10. The highest BCUT2D eigenvalue weighted by atomic mass is 16.3. The van der Waals surface area contributed by atoms with Gasteiger partial charge in [0.05, 0.1) is 0 Å². The van der Waals surface area contributed by atoms with Crippen LogP contribution in [0.2, 0.25) is 0 Å². The molecule has 0 spiro atoms. The van der Waals surface area contributed by atoms with Gasteiger partial charge in [-0.3, -0.25) is 0 Å². The van der Waals surface area contributed by atoms with Gasteiger partial charge >= 0.3 is 0 Å². The monoisotopic (exact) mass is 150 g/mol. The van der Waals surface area contributed by atoms with E-state index < -0.39 is 0 Å². The van der Waals surface area contributed by atoms with E-state index in [4.69, 9.17) is 4.42 Å². The first-order valence-corrected chi connectivity index (χ1v) is 3.99. The van der Waals surface area contributed by atoms with Crippen molar-refractivity contribution in [3.05, 3.63) is 35.8 Å². The van der Waals surface area contributed by atoms with Crippen LogP contribution in [0.1, 0.15) is 24.9 Å². The van der Waals surface area contributed by atoms with Crippen molar-refractivity contribution in [1.29, 1.82) is 0 Å². The zero-order valence-corrected chi connectivity index (χ0v) is 7.13. The maximum absolute atomic E-state index is 5.40. The van der Waals surface area contributed by atoms with E-state index in [0.717, 1.165) is 24.4 Å². The van der Waals surface area contributed by atoms with E-state index in [1.807, 2.05) is 26.0 Å². The van der Waals surface area contributed by atoms with Crippen LogP contribution in [0, 0.1) is 6.92 Å². The van der Waals surface area contributed by atoms with Gasteiger partial charge in [-0.15, -0.1) is 0 Å². The van der Waals surface area contributed by atoms with Crippen LogP contribution in [-0.4, -0.2) is 0 Å². The van der Waals surface area contributed by atoms with Crippen LogP contribution in [0.4, 0.5) is 0 Å². The van der Waals surface area contributed by atoms with E-state index in [1.54, 1.807) is 0 Å². The number of rotatable bonds is 3. The van der Waals surface area contributed by atoms with Crippen LogP contribution in [0.25, 0.3) is 0 Å². The van der Waals surface area contributed by atoms with E-state index in [2.05, 4.69) is 12.2 Å². The highest BCUT2D eigenvalue weighted by Gasteiger charge is 1.94. The van der Waals surface area contributed by atoms with Crippen molar-refractivity contribution in [3.63, 3.8) is 0 Å². The van der Waals surface area contributed by atoms with Crippen LogP contribution in [0.15, 0.2) is 28.7 Å². The Balaban J connectivity index is 2.38. The SMILES string of the molecule is C/C=C/CCc1ccc(C)o1. The lowest BCUT2D eigenvalue weighted by Crippen LogP contribution is -1.76. The molecule has 0 radical (unpaired) electrons. The molecule has 60 valence electrons. The molecule has 0 unspecified atom stereocenters. The Bertz CT molecular complexity index is 233. The molecule has 1 aromatic rings. The Morgan fingerprint density at radius 1 is 1.45 bits per heavy atom. The Morgan fingerprint density at radius 3 is 2.82 bits per heavy atom. The molecule has 0 aliphatic carbocycles. The van der Waals surface area contributed by atoms with Crippen LogP contribution in [0.3, 0.4) is 0 Å². The predicted molar refractivity (Wildman–Crippen MR) is 46.6 cm³/mol. The van der Waals surface area contributed by atoms with E-state index in [9.17, 15) is 0 Å². The molecule has 0 bridgehead atoms. The van der Waals surface area contributed by atoms with Gasteiger partial charge in [0, 0.05) is 6.42 Å². The molecule has 1 aromatic heterocycles. The summed E-state index contributed by atoms with van der Waals surface area (Å²) in [5.41, 5.74) is 0. The molecule has 0 aromatic carbocycles. The number of allylic oxidation sites excluding steroid dienone is 2.